The van der Waals surface area contributed by atoms with Gasteiger partial charge in [0.25, 0.3) is 0 Å². The number of anilines is 2. The molecule has 3 aromatic rings. The second-order valence-corrected chi connectivity index (χ2v) is 11.6. The quantitative estimate of drug-likeness (QED) is 0.361. The first-order valence-corrected chi connectivity index (χ1v) is 13.9. The smallest absolute Gasteiger partial charge is 0.321 e. The molecule has 1 saturated heterocycles. The average Bonchev–Trinajstić information content (AvgIpc) is 3.23. The Labute approximate surface area is 219 Å². The van der Waals surface area contributed by atoms with Gasteiger partial charge in [0, 0.05) is 18.3 Å². The minimum atomic E-state index is -1.13. The standard InChI is InChI=1S/C26H25ClF3N4O2P/c1-3-37(4-2)21-8-6-5-7-16(21)17-9-10-20(23(30)22(17)29)34-12-11-19(25(34)35)32-26(36)33-24-18(28)13-15(27)14-31-24/h5-10,13-14,19H,3-4,11-12H2,1-2H3,(H2,31,32,33,36). The van der Waals surface area contributed by atoms with Crippen LogP contribution in [-0.2, 0) is 4.79 Å². The van der Waals surface area contributed by atoms with Gasteiger partial charge in [-0.1, -0.05) is 57.6 Å². The average molecular weight is 549 g/mol. The number of nitrogens with zero attached hydrogens (tertiary/aromatic N) is 2. The van der Waals surface area contributed by atoms with Gasteiger partial charge in [-0.2, -0.15) is 0 Å². The van der Waals surface area contributed by atoms with Gasteiger partial charge in [-0.15, -0.1) is 0 Å². The van der Waals surface area contributed by atoms with Crippen molar-refractivity contribution >= 4 is 48.3 Å². The first kappa shape index (κ1) is 26.9. The first-order chi connectivity index (χ1) is 17.7. The van der Waals surface area contributed by atoms with Crippen LogP contribution in [0.3, 0.4) is 0 Å². The van der Waals surface area contributed by atoms with Crippen LogP contribution in [0, 0.1) is 17.5 Å². The molecule has 3 amide bonds. The van der Waals surface area contributed by atoms with Crippen molar-refractivity contribution in [1.82, 2.24) is 10.3 Å². The maximum absolute atomic E-state index is 15.4. The van der Waals surface area contributed by atoms with Gasteiger partial charge in [-0.3, -0.25) is 10.1 Å². The number of rotatable bonds is 7. The summed E-state index contributed by atoms with van der Waals surface area (Å²) in [6, 6.07) is 9.41. The Kier molecular flexibility index (Phi) is 8.35. The molecule has 1 aliphatic heterocycles. The van der Waals surface area contributed by atoms with E-state index in [0.717, 1.165) is 34.8 Å². The molecule has 11 heteroatoms. The lowest BCUT2D eigenvalue weighted by molar-refractivity contribution is -0.118. The second kappa shape index (κ2) is 11.5. The van der Waals surface area contributed by atoms with Crippen LogP contribution in [-0.4, -0.2) is 41.8 Å². The topological polar surface area (TPSA) is 74.3 Å². The van der Waals surface area contributed by atoms with E-state index in [1.54, 1.807) is 12.1 Å². The monoisotopic (exact) mass is 548 g/mol. The Morgan fingerprint density at radius 3 is 2.54 bits per heavy atom. The minimum Gasteiger partial charge on any atom is -0.326 e. The van der Waals surface area contributed by atoms with Gasteiger partial charge in [-0.25, -0.2) is 22.9 Å². The minimum absolute atomic E-state index is 0.0605. The van der Waals surface area contributed by atoms with Gasteiger partial charge in [0.15, 0.2) is 23.3 Å². The van der Waals surface area contributed by atoms with Crippen molar-refractivity contribution in [3.05, 3.63) is 71.1 Å². The predicted octanol–water partition coefficient (Wildman–Crippen LogP) is 5.89. The molecule has 1 aliphatic rings. The molecule has 0 radical (unpaired) electrons. The van der Waals surface area contributed by atoms with Crippen molar-refractivity contribution in [1.29, 1.82) is 0 Å². The Morgan fingerprint density at radius 2 is 1.84 bits per heavy atom. The van der Waals surface area contributed by atoms with Crippen LogP contribution in [0.4, 0.5) is 29.5 Å². The lowest BCUT2D eigenvalue weighted by Gasteiger charge is -2.21. The SMILES string of the molecule is CCP(CC)c1ccccc1-c1ccc(N2CCC(NC(=O)Nc3ncc(Cl)cc3F)C2=O)c(F)c1F. The number of carbonyl (C=O) groups excluding carboxylic acids is 2. The molecule has 1 fully saturated rings. The number of benzene rings is 2. The third-order valence-corrected chi connectivity index (χ3v) is 9.01. The van der Waals surface area contributed by atoms with E-state index in [1.165, 1.54) is 12.1 Å². The number of halogens is 4. The van der Waals surface area contributed by atoms with E-state index >= 15 is 8.78 Å². The zero-order chi connectivity index (χ0) is 26.7. The van der Waals surface area contributed by atoms with E-state index < -0.39 is 43.4 Å². The number of nitrogens with one attached hydrogen (secondary N) is 2. The van der Waals surface area contributed by atoms with Crippen molar-refractivity contribution in [3.8, 4) is 11.1 Å². The number of aromatic nitrogens is 1. The van der Waals surface area contributed by atoms with Gasteiger partial charge in [-0.05, 0) is 47.8 Å². The lowest BCUT2D eigenvalue weighted by atomic mass is 10.0. The number of hydrogen-bond donors (Lipinski definition) is 2. The number of pyridine rings is 1. The van der Waals surface area contributed by atoms with Crippen molar-refractivity contribution in [2.75, 3.05) is 29.1 Å². The zero-order valence-electron chi connectivity index (χ0n) is 20.2. The molecule has 6 nitrogen and oxygen atoms in total. The molecule has 4 rings (SSSR count). The van der Waals surface area contributed by atoms with Crippen molar-refractivity contribution < 1.29 is 22.8 Å². The first-order valence-electron chi connectivity index (χ1n) is 11.8. The van der Waals surface area contributed by atoms with Crippen LogP contribution in [0.25, 0.3) is 11.1 Å². The molecule has 37 heavy (non-hydrogen) atoms. The highest BCUT2D eigenvalue weighted by atomic mass is 35.5. The molecule has 1 aromatic heterocycles. The maximum atomic E-state index is 15.4. The molecular weight excluding hydrogens is 524 g/mol. The summed E-state index contributed by atoms with van der Waals surface area (Å²) in [5.41, 5.74) is 0.587. The molecule has 2 heterocycles. The number of hydrogen-bond acceptors (Lipinski definition) is 3. The van der Waals surface area contributed by atoms with Gasteiger partial charge in [0.05, 0.1) is 10.7 Å². The fraction of sp³-hybridized carbons (Fsp3) is 0.269. The second-order valence-electron chi connectivity index (χ2n) is 8.36. The Bertz CT molecular complexity index is 1340. The fourth-order valence-corrected chi connectivity index (χ4v) is 6.46. The van der Waals surface area contributed by atoms with Crippen LogP contribution in [0.5, 0.6) is 0 Å². The molecule has 194 valence electrons. The summed E-state index contributed by atoms with van der Waals surface area (Å²) in [5.74, 6) is -3.96. The van der Waals surface area contributed by atoms with Crippen LogP contribution >= 0.6 is 19.5 Å². The highest BCUT2D eigenvalue weighted by Crippen LogP contribution is 2.39. The predicted molar refractivity (Wildman–Crippen MR) is 142 cm³/mol. The summed E-state index contributed by atoms with van der Waals surface area (Å²) in [6.07, 6.45) is 3.17. The normalized spacial score (nSPS) is 15.4. The van der Waals surface area contributed by atoms with Crippen LogP contribution < -0.4 is 20.8 Å². The molecule has 1 unspecified atom stereocenters. The van der Waals surface area contributed by atoms with Crippen LogP contribution in [0.15, 0.2) is 48.7 Å². The van der Waals surface area contributed by atoms with E-state index in [9.17, 15) is 14.0 Å². The van der Waals surface area contributed by atoms with E-state index in [1.807, 2.05) is 12.1 Å². The Balaban J connectivity index is 1.52. The Morgan fingerprint density at radius 1 is 1.11 bits per heavy atom. The highest BCUT2D eigenvalue weighted by Gasteiger charge is 2.36. The summed E-state index contributed by atoms with van der Waals surface area (Å²) in [6.45, 7) is 4.23. The molecular formula is C26H25ClF3N4O2P. The van der Waals surface area contributed by atoms with E-state index in [0.29, 0.717) is 5.56 Å². The van der Waals surface area contributed by atoms with Crippen molar-refractivity contribution in [2.24, 2.45) is 0 Å². The van der Waals surface area contributed by atoms with Gasteiger partial charge >= 0.3 is 6.03 Å². The Hall–Kier alpha value is -3.16. The fourth-order valence-electron chi connectivity index (χ4n) is 4.36. The largest absolute Gasteiger partial charge is 0.326 e. The van der Waals surface area contributed by atoms with Crippen molar-refractivity contribution in [3.63, 3.8) is 0 Å². The third kappa shape index (κ3) is 5.58. The van der Waals surface area contributed by atoms with E-state index in [4.69, 9.17) is 11.6 Å². The molecule has 0 aliphatic carbocycles. The van der Waals surface area contributed by atoms with Gasteiger partial charge in [0.2, 0.25) is 5.91 Å². The highest BCUT2D eigenvalue weighted by molar-refractivity contribution is 7.65. The summed E-state index contributed by atoms with van der Waals surface area (Å²) >= 11 is 5.65. The maximum Gasteiger partial charge on any atom is 0.321 e. The summed E-state index contributed by atoms with van der Waals surface area (Å²) < 4.78 is 44.5. The van der Waals surface area contributed by atoms with E-state index in [-0.39, 0.29) is 35.1 Å². The van der Waals surface area contributed by atoms with Crippen LogP contribution in [0.2, 0.25) is 5.02 Å². The summed E-state index contributed by atoms with van der Waals surface area (Å²) in [7, 11) is -0.513. The molecule has 2 aromatic carbocycles. The number of carbonyl (C=O) groups is 2. The van der Waals surface area contributed by atoms with Gasteiger partial charge < -0.3 is 10.2 Å². The number of urea groups is 1. The third-order valence-electron chi connectivity index (χ3n) is 6.20. The lowest BCUT2D eigenvalue weighted by Crippen LogP contribution is -2.43. The number of amides is 3. The molecule has 0 saturated carbocycles. The summed E-state index contributed by atoms with van der Waals surface area (Å²) in [5, 5.41) is 5.71. The molecule has 0 spiro atoms. The van der Waals surface area contributed by atoms with Crippen LogP contribution in [0.1, 0.15) is 20.3 Å². The molecule has 1 atom stereocenters. The molecule has 0 bridgehead atoms. The van der Waals surface area contributed by atoms with Crippen molar-refractivity contribution in [2.45, 2.75) is 26.3 Å². The zero-order valence-corrected chi connectivity index (χ0v) is 21.8. The van der Waals surface area contributed by atoms with Gasteiger partial charge in [0.1, 0.15) is 6.04 Å². The summed E-state index contributed by atoms with van der Waals surface area (Å²) in [4.78, 5) is 30.0. The molecule has 2 N–H and O–H groups in total. The van der Waals surface area contributed by atoms with E-state index in [2.05, 4.69) is 29.5 Å².